The van der Waals surface area contributed by atoms with E-state index in [0.717, 1.165) is 12.8 Å². The first-order chi connectivity index (χ1) is 12.4. The number of ketones is 1. The monoisotopic (exact) mass is 368 g/mol. The van der Waals surface area contributed by atoms with Crippen molar-refractivity contribution in [3.63, 3.8) is 0 Å². The van der Waals surface area contributed by atoms with Crippen LogP contribution >= 0.6 is 0 Å². The highest BCUT2D eigenvalue weighted by molar-refractivity contribution is 5.82. The Balaban J connectivity index is 3.52. The molecule has 156 valence electrons. The predicted molar refractivity (Wildman–Crippen MR) is 115 cm³/mol. The maximum Gasteiger partial charge on any atom is 0.139 e. The van der Waals surface area contributed by atoms with Crippen LogP contribution in [0, 0.1) is 5.92 Å². The van der Waals surface area contributed by atoms with E-state index in [9.17, 15) is 4.79 Å². The molecule has 0 rings (SSSR count). The number of Topliss-reactive ketones (excluding diaryl/α,β-unsaturated/α-hetero) is 1. The van der Waals surface area contributed by atoms with E-state index < -0.39 is 5.54 Å². The van der Waals surface area contributed by atoms with Crippen molar-refractivity contribution in [2.75, 3.05) is 6.54 Å². The van der Waals surface area contributed by atoms with Crippen LogP contribution in [0.2, 0.25) is 0 Å². The fraction of sp³-hybridized carbons (Fsp3) is 0.957. The summed E-state index contributed by atoms with van der Waals surface area (Å²) in [5, 5.41) is 0. The molecular weight excluding hydrogens is 320 g/mol. The zero-order valence-corrected chi connectivity index (χ0v) is 18.2. The first-order valence-electron chi connectivity index (χ1n) is 11.4. The summed E-state index contributed by atoms with van der Waals surface area (Å²) >= 11 is 0. The SMILES string of the molecule is CCCCCCCCCCCCCCCCC(C(=O)CCN)C(C)(C)N. The summed E-state index contributed by atoms with van der Waals surface area (Å²) in [6, 6.07) is 0. The van der Waals surface area contributed by atoms with E-state index in [-0.39, 0.29) is 11.7 Å². The smallest absolute Gasteiger partial charge is 0.139 e. The van der Waals surface area contributed by atoms with Crippen LogP contribution in [-0.4, -0.2) is 17.9 Å². The highest BCUT2D eigenvalue weighted by Crippen LogP contribution is 2.23. The van der Waals surface area contributed by atoms with E-state index in [0.29, 0.717) is 13.0 Å². The van der Waals surface area contributed by atoms with Gasteiger partial charge in [0, 0.05) is 17.9 Å². The second kappa shape index (κ2) is 16.7. The van der Waals surface area contributed by atoms with Crippen LogP contribution in [0.5, 0.6) is 0 Å². The molecule has 0 heterocycles. The molecule has 0 fully saturated rings. The van der Waals surface area contributed by atoms with Crippen LogP contribution in [0.25, 0.3) is 0 Å². The zero-order valence-electron chi connectivity index (χ0n) is 18.2. The van der Waals surface area contributed by atoms with Gasteiger partial charge in [0.05, 0.1) is 0 Å². The number of hydrogen-bond acceptors (Lipinski definition) is 3. The summed E-state index contributed by atoms with van der Waals surface area (Å²) in [5.41, 5.74) is 11.3. The van der Waals surface area contributed by atoms with E-state index >= 15 is 0 Å². The average molecular weight is 369 g/mol. The molecule has 0 aromatic rings. The molecule has 0 aromatic carbocycles. The Kier molecular flexibility index (Phi) is 16.5. The Morgan fingerprint density at radius 1 is 0.769 bits per heavy atom. The summed E-state index contributed by atoms with van der Waals surface area (Å²) in [6.45, 7) is 6.65. The van der Waals surface area contributed by atoms with Crippen molar-refractivity contribution in [1.82, 2.24) is 0 Å². The zero-order chi connectivity index (χ0) is 19.7. The molecule has 4 N–H and O–H groups in total. The number of nitrogens with two attached hydrogens (primary N) is 2. The van der Waals surface area contributed by atoms with Gasteiger partial charge in [-0.3, -0.25) is 4.79 Å². The molecule has 1 unspecified atom stereocenters. The second-order valence-electron chi connectivity index (χ2n) is 8.76. The summed E-state index contributed by atoms with van der Waals surface area (Å²) < 4.78 is 0. The summed E-state index contributed by atoms with van der Waals surface area (Å²) in [6.07, 6.45) is 20.4. The minimum absolute atomic E-state index is 0.0385. The minimum Gasteiger partial charge on any atom is -0.330 e. The number of rotatable bonds is 19. The van der Waals surface area contributed by atoms with Gasteiger partial charge in [-0.05, 0) is 26.8 Å². The largest absolute Gasteiger partial charge is 0.330 e. The lowest BCUT2D eigenvalue weighted by molar-refractivity contribution is -0.124. The molecule has 0 aliphatic carbocycles. The number of unbranched alkanes of at least 4 members (excludes halogenated alkanes) is 13. The molecule has 26 heavy (non-hydrogen) atoms. The van der Waals surface area contributed by atoms with Crippen LogP contribution < -0.4 is 11.5 Å². The molecule has 3 heteroatoms. The molecule has 0 aromatic heterocycles. The van der Waals surface area contributed by atoms with Crippen molar-refractivity contribution in [2.45, 2.75) is 129 Å². The molecule has 3 nitrogen and oxygen atoms in total. The van der Waals surface area contributed by atoms with Gasteiger partial charge in [-0.25, -0.2) is 0 Å². The first kappa shape index (κ1) is 25.6. The van der Waals surface area contributed by atoms with Gasteiger partial charge in [-0.15, -0.1) is 0 Å². The molecule has 1 atom stereocenters. The summed E-state index contributed by atoms with van der Waals surface area (Å²) in [5.74, 6) is 0.207. The summed E-state index contributed by atoms with van der Waals surface area (Å²) in [4.78, 5) is 12.2. The standard InChI is InChI=1S/C23H48N2O/c1-4-5-6-7-8-9-10-11-12-13-14-15-16-17-18-21(23(2,3)25)22(26)19-20-24/h21H,4-20,24-25H2,1-3H3. The first-order valence-corrected chi connectivity index (χ1v) is 11.4. The Labute approximate surface area is 164 Å². The maximum absolute atomic E-state index is 12.2. The normalized spacial score (nSPS) is 13.1. The number of hydrogen-bond donors (Lipinski definition) is 2. The third-order valence-electron chi connectivity index (χ3n) is 5.52. The third-order valence-corrected chi connectivity index (χ3v) is 5.52. The van der Waals surface area contributed by atoms with Gasteiger partial charge in [0.2, 0.25) is 0 Å². The van der Waals surface area contributed by atoms with Gasteiger partial charge < -0.3 is 11.5 Å². The van der Waals surface area contributed by atoms with Crippen LogP contribution in [-0.2, 0) is 4.79 Å². The Morgan fingerprint density at radius 3 is 1.50 bits per heavy atom. The topological polar surface area (TPSA) is 69.1 Å². The molecule has 0 spiro atoms. The van der Waals surface area contributed by atoms with Crippen molar-refractivity contribution < 1.29 is 4.79 Å². The summed E-state index contributed by atoms with van der Waals surface area (Å²) in [7, 11) is 0. The molecule has 0 aliphatic heterocycles. The van der Waals surface area contributed by atoms with Crippen molar-refractivity contribution in [1.29, 1.82) is 0 Å². The van der Waals surface area contributed by atoms with Gasteiger partial charge >= 0.3 is 0 Å². The minimum atomic E-state index is -0.428. The van der Waals surface area contributed by atoms with E-state index in [1.165, 1.54) is 83.5 Å². The van der Waals surface area contributed by atoms with Crippen molar-refractivity contribution in [3.05, 3.63) is 0 Å². The molecular formula is C23H48N2O. The van der Waals surface area contributed by atoms with Crippen molar-refractivity contribution in [3.8, 4) is 0 Å². The number of carbonyl (C=O) groups excluding carboxylic acids is 1. The molecule has 0 bridgehead atoms. The van der Waals surface area contributed by atoms with Crippen LogP contribution in [0.3, 0.4) is 0 Å². The fourth-order valence-corrected chi connectivity index (χ4v) is 3.81. The van der Waals surface area contributed by atoms with Gasteiger partial charge in [0.25, 0.3) is 0 Å². The fourth-order valence-electron chi connectivity index (χ4n) is 3.81. The lowest BCUT2D eigenvalue weighted by atomic mass is 9.80. The van der Waals surface area contributed by atoms with Gasteiger partial charge in [-0.1, -0.05) is 96.8 Å². The van der Waals surface area contributed by atoms with Crippen LogP contribution in [0.1, 0.15) is 124 Å². The Bertz CT molecular complexity index is 323. The molecule has 0 saturated carbocycles. The van der Waals surface area contributed by atoms with E-state index in [4.69, 9.17) is 11.5 Å². The number of carbonyl (C=O) groups is 1. The second-order valence-corrected chi connectivity index (χ2v) is 8.76. The van der Waals surface area contributed by atoms with Crippen LogP contribution in [0.15, 0.2) is 0 Å². The third kappa shape index (κ3) is 14.7. The lowest BCUT2D eigenvalue weighted by Gasteiger charge is -2.29. The Morgan fingerprint density at radius 2 is 1.15 bits per heavy atom. The van der Waals surface area contributed by atoms with E-state index in [2.05, 4.69) is 6.92 Å². The van der Waals surface area contributed by atoms with Crippen molar-refractivity contribution in [2.24, 2.45) is 17.4 Å². The van der Waals surface area contributed by atoms with Gasteiger partial charge in [-0.2, -0.15) is 0 Å². The van der Waals surface area contributed by atoms with Crippen molar-refractivity contribution >= 4 is 5.78 Å². The highest BCUT2D eigenvalue weighted by Gasteiger charge is 2.30. The van der Waals surface area contributed by atoms with Crippen LogP contribution in [0.4, 0.5) is 0 Å². The average Bonchev–Trinajstić information content (AvgIpc) is 2.57. The van der Waals surface area contributed by atoms with Gasteiger partial charge in [0.1, 0.15) is 5.78 Å². The van der Waals surface area contributed by atoms with Gasteiger partial charge in [0.15, 0.2) is 0 Å². The molecule has 0 amide bonds. The molecule has 0 aliphatic rings. The predicted octanol–water partition coefficient (Wildman–Crippen LogP) is 6.13. The molecule has 0 radical (unpaired) electrons. The molecule has 0 saturated heterocycles. The lowest BCUT2D eigenvalue weighted by Crippen LogP contribution is -2.45. The highest BCUT2D eigenvalue weighted by atomic mass is 16.1. The van der Waals surface area contributed by atoms with E-state index in [1.807, 2.05) is 13.8 Å². The Hall–Kier alpha value is -0.410. The maximum atomic E-state index is 12.2. The quantitative estimate of drug-likeness (QED) is 0.269. The van der Waals surface area contributed by atoms with E-state index in [1.54, 1.807) is 0 Å².